The fraction of sp³-hybridized carbons (Fsp3) is 0.333. The Morgan fingerprint density at radius 1 is 1.39 bits per heavy atom. The van der Waals surface area contributed by atoms with E-state index in [0.29, 0.717) is 33.5 Å². The highest BCUT2D eigenvalue weighted by molar-refractivity contribution is 7.20. The Bertz CT molecular complexity index is 857. The number of nitrogens with one attached hydrogen (secondary N) is 1. The SMILES string of the molecule is CCCCC(=O)Nc1nn2c(-c3ccc(C)c(F)c3)nnc2s1. The van der Waals surface area contributed by atoms with Crippen molar-refractivity contribution in [3.8, 4) is 11.4 Å². The normalized spacial score (nSPS) is 11.1. The van der Waals surface area contributed by atoms with E-state index in [1.165, 1.54) is 21.9 Å². The third-order valence-electron chi connectivity index (χ3n) is 3.42. The fourth-order valence-electron chi connectivity index (χ4n) is 2.10. The summed E-state index contributed by atoms with van der Waals surface area (Å²) in [6.45, 7) is 3.73. The van der Waals surface area contributed by atoms with Gasteiger partial charge in [0.25, 0.3) is 0 Å². The topological polar surface area (TPSA) is 72.2 Å². The van der Waals surface area contributed by atoms with Crippen LogP contribution < -0.4 is 5.32 Å². The first kappa shape index (κ1) is 15.5. The minimum Gasteiger partial charge on any atom is -0.301 e. The third kappa shape index (κ3) is 3.21. The van der Waals surface area contributed by atoms with Crippen LogP contribution in [0, 0.1) is 12.7 Å². The lowest BCUT2D eigenvalue weighted by molar-refractivity contribution is -0.116. The van der Waals surface area contributed by atoms with Crippen LogP contribution in [0.25, 0.3) is 16.3 Å². The molecule has 3 aromatic rings. The molecule has 120 valence electrons. The van der Waals surface area contributed by atoms with Crippen molar-refractivity contribution in [2.45, 2.75) is 33.1 Å². The molecule has 2 heterocycles. The summed E-state index contributed by atoms with van der Waals surface area (Å²) in [7, 11) is 0. The first-order valence-electron chi connectivity index (χ1n) is 7.37. The van der Waals surface area contributed by atoms with Crippen LogP contribution in [0.3, 0.4) is 0 Å². The number of unbranched alkanes of at least 4 members (excludes halogenated alkanes) is 1. The summed E-state index contributed by atoms with van der Waals surface area (Å²) >= 11 is 1.23. The van der Waals surface area contributed by atoms with Crippen molar-refractivity contribution < 1.29 is 9.18 Å². The zero-order valence-electron chi connectivity index (χ0n) is 12.8. The molecule has 0 aliphatic rings. The van der Waals surface area contributed by atoms with Crippen molar-refractivity contribution >= 4 is 27.3 Å². The van der Waals surface area contributed by atoms with E-state index in [2.05, 4.69) is 20.6 Å². The van der Waals surface area contributed by atoms with E-state index < -0.39 is 0 Å². The van der Waals surface area contributed by atoms with Crippen molar-refractivity contribution in [1.82, 2.24) is 19.8 Å². The van der Waals surface area contributed by atoms with Gasteiger partial charge in [-0.05, 0) is 25.0 Å². The summed E-state index contributed by atoms with van der Waals surface area (Å²) in [6.07, 6.45) is 2.26. The molecule has 1 amide bonds. The molecule has 6 nitrogen and oxygen atoms in total. The molecule has 0 spiro atoms. The predicted molar refractivity (Wildman–Crippen MR) is 86.9 cm³/mol. The molecule has 23 heavy (non-hydrogen) atoms. The number of rotatable bonds is 5. The first-order chi connectivity index (χ1) is 11.1. The molecule has 0 saturated heterocycles. The second-order valence-electron chi connectivity index (χ2n) is 5.24. The zero-order valence-corrected chi connectivity index (χ0v) is 13.7. The molecular weight excluding hydrogens is 317 g/mol. The van der Waals surface area contributed by atoms with Gasteiger partial charge >= 0.3 is 0 Å². The number of amides is 1. The highest BCUT2D eigenvalue weighted by Crippen LogP contribution is 2.25. The van der Waals surface area contributed by atoms with Gasteiger partial charge in [0.15, 0.2) is 5.82 Å². The Morgan fingerprint density at radius 2 is 2.22 bits per heavy atom. The molecule has 0 radical (unpaired) electrons. The number of halogens is 1. The lowest BCUT2D eigenvalue weighted by Crippen LogP contribution is -2.11. The number of fused-ring (bicyclic) bond motifs is 1. The van der Waals surface area contributed by atoms with Crippen molar-refractivity contribution in [1.29, 1.82) is 0 Å². The highest BCUT2D eigenvalue weighted by atomic mass is 32.1. The highest BCUT2D eigenvalue weighted by Gasteiger charge is 2.15. The van der Waals surface area contributed by atoms with Crippen LogP contribution in [0.15, 0.2) is 18.2 Å². The summed E-state index contributed by atoms with van der Waals surface area (Å²) < 4.78 is 15.3. The number of hydrogen-bond acceptors (Lipinski definition) is 5. The quantitative estimate of drug-likeness (QED) is 0.776. The average molecular weight is 333 g/mol. The van der Waals surface area contributed by atoms with Gasteiger partial charge in [-0.1, -0.05) is 36.8 Å². The summed E-state index contributed by atoms with van der Waals surface area (Å²) in [5, 5.41) is 15.6. The smallest absolute Gasteiger partial charge is 0.236 e. The van der Waals surface area contributed by atoms with E-state index in [1.807, 2.05) is 6.92 Å². The van der Waals surface area contributed by atoms with Gasteiger partial charge in [0.05, 0.1) is 0 Å². The molecule has 2 aromatic heterocycles. The van der Waals surface area contributed by atoms with Crippen LogP contribution in [0.4, 0.5) is 9.52 Å². The number of carbonyl (C=O) groups is 1. The number of carbonyl (C=O) groups excluding carboxylic acids is 1. The van der Waals surface area contributed by atoms with Gasteiger partial charge < -0.3 is 5.32 Å². The van der Waals surface area contributed by atoms with Crippen LogP contribution in [-0.2, 0) is 4.79 Å². The van der Waals surface area contributed by atoms with Crippen LogP contribution in [0.2, 0.25) is 0 Å². The average Bonchev–Trinajstić information content (AvgIpc) is 3.08. The van der Waals surface area contributed by atoms with Gasteiger partial charge in [-0.15, -0.1) is 15.3 Å². The van der Waals surface area contributed by atoms with Gasteiger partial charge in [-0.2, -0.15) is 4.52 Å². The maximum Gasteiger partial charge on any atom is 0.236 e. The van der Waals surface area contributed by atoms with E-state index in [9.17, 15) is 9.18 Å². The molecule has 1 N–H and O–H groups in total. The number of benzene rings is 1. The molecule has 0 saturated carbocycles. The molecular formula is C15H16FN5OS. The molecule has 0 unspecified atom stereocenters. The first-order valence-corrected chi connectivity index (χ1v) is 8.18. The Hall–Kier alpha value is -2.35. The molecule has 1 aromatic carbocycles. The van der Waals surface area contributed by atoms with Crippen LogP contribution in [0.1, 0.15) is 31.7 Å². The minimum absolute atomic E-state index is 0.0697. The van der Waals surface area contributed by atoms with Crippen LogP contribution in [0.5, 0.6) is 0 Å². The standard InChI is InChI=1S/C15H16FN5OS/c1-3-4-5-12(22)17-14-20-21-13(18-19-15(21)23-14)10-7-6-9(2)11(16)8-10/h6-8H,3-5H2,1-2H3,(H,17,20,22). The van der Waals surface area contributed by atoms with Crippen molar-refractivity contribution in [2.75, 3.05) is 5.32 Å². The largest absolute Gasteiger partial charge is 0.301 e. The number of nitrogens with zero attached hydrogens (tertiary/aromatic N) is 4. The van der Waals surface area contributed by atoms with E-state index in [1.54, 1.807) is 19.1 Å². The lowest BCUT2D eigenvalue weighted by atomic mass is 10.1. The molecule has 0 atom stereocenters. The number of hydrogen-bond donors (Lipinski definition) is 1. The fourth-order valence-corrected chi connectivity index (χ4v) is 2.85. The van der Waals surface area contributed by atoms with Gasteiger partial charge in [-0.25, -0.2) is 4.39 Å². The van der Waals surface area contributed by atoms with Crippen LogP contribution >= 0.6 is 11.3 Å². The lowest BCUT2D eigenvalue weighted by Gasteiger charge is -2.01. The molecule has 0 fully saturated rings. The van der Waals surface area contributed by atoms with Gasteiger partial charge in [0.1, 0.15) is 5.82 Å². The van der Waals surface area contributed by atoms with E-state index in [0.717, 1.165) is 12.8 Å². The number of anilines is 1. The monoisotopic (exact) mass is 333 g/mol. The van der Waals surface area contributed by atoms with Gasteiger partial charge in [0, 0.05) is 12.0 Å². The predicted octanol–water partition coefficient (Wildman–Crippen LogP) is 3.43. The zero-order chi connectivity index (χ0) is 16.4. The minimum atomic E-state index is -0.303. The van der Waals surface area contributed by atoms with Crippen LogP contribution in [-0.4, -0.2) is 25.7 Å². The van der Waals surface area contributed by atoms with E-state index in [4.69, 9.17) is 0 Å². The molecule has 0 aliphatic heterocycles. The Morgan fingerprint density at radius 3 is 2.96 bits per heavy atom. The van der Waals surface area contributed by atoms with E-state index >= 15 is 0 Å². The summed E-state index contributed by atoms with van der Waals surface area (Å²) in [4.78, 5) is 12.3. The van der Waals surface area contributed by atoms with E-state index in [-0.39, 0.29) is 11.7 Å². The van der Waals surface area contributed by atoms with Gasteiger partial charge in [-0.3, -0.25) is 4.79 Å². The molecule has 3 rings (SSSR count). The maximum atomic E-state index is 13.7. The van der Waals surface area contributed by atoms with Crippen molar-refractivity contribution in [3.05, 3.63) is 29.6 Å². The Labute approximate surface area is 136 Å². The molecule has 0 bridgehead atoms. The maximum absolute atomic E-state index is 13.7. The van der Waals surface area contributed by atoms with Gasteiger partial charge in [0.2, 0.25) is 16.0 Å². The summed E-state index contributed by atoms with van der Waals surface area (Å²) in [5.74, 6) is 0.0755. The summed E-state index contributed by atoms with van der Waals surface area (Å²) in [5.41, 5.74) is 1.16. The Balaban J connectivity index is 1.88. The summed E-state index contributed by atoms with van der Waals surface area (Å²) in [6, 6.07) is 4.86. The third-order valence-corrected chi connectivity index (χ3v) is 4.24. The molecule has 0 aliphatic carbocycles. The Kier molecular flexibility index (Phi) is 4.33. The second kappa shape index (κ2) is 6.41. The number of aryl methyl sites for hydroxylation is 1. The number of aromatic nitrogens is 4. The van der Waals surface area contributed by atoms with Crippen molar-refractivity contribution in [2.24, 2.45) is 0 Å². The molecule has 8 heteroatoms. The second-order valence-corrected chi connectivity index (χ2v) is 6.20. The van der Waals surface area contributed by atoms with Crippen molar-refractivity contribution in [3.63, 3.8) is 0 Å².